The molecule has 0 aliphatic heterocycles. The van der Waals surface area contributed by atoms with Gasteiger partial charge in [-0.25, -0.2) is 15.0 Å². The lowest BCUT2D eigenvalue weighted by molar-refractivity contribution is 0.668. The van der Waals surface area contributed by atoms with Crippen molar-refractivity contribution in [3.8, 4) is 45.3 Å². The van der Waals surface area contributed by atoms with Gasteiger partial charge in [-0.1, -0.05) is 109 Å². The van der Waals surface area contributed by atoms with Gasteiger partial charge in [0.1, 0.15) is 22.3 Å². The smallest absolute Gasteiger partial charge is 0.164 e. The van der Waals surface area contributed by atoms with Crippen molar-refractivity contribution in [3.63, 3.8) is 0 Å². The van der Waals surface area contributed by atoms with E-state index in [0.29, 0.717) is 17.5 Å². The molecule has 3 heterocycles. The van der Waals surface area contributed by atoms with Gasteiger partial charge in [0.2, 0.25) is 0 Å². The summed E-state index contributed by atoms with van der Waals surface area (Å²) >= 11 is 0. The van der Waals surface area contributed by atoms with Crippen molar-refractivity contribution in [1.82, 2.24) is 15.0 Å². The third-order valence-corrected chi connectivity index (χ3v) is 9.14. The minimum absolute atomic E-state index is 0.570. The second-order valence-electron chi connectivity index (χ2n) is 12.1. The fraction of sp³-hybridized carbons (Fsp3) is 0. The zero-order chi connectivity index (χ0) is 31.6. The van der Waals surface area contributed by atoms with E-state index in [1.54, 1.807) is 0 Å². The van der Waals surface area contributed by atoms with Crippen LogP contribution in [0.25, 0.3) is 99.9 Å². The quantitative estimate of drug-likeness (QED) is 0.197. The highest BCUT2D eigenvalue weighted by Crippen LogP contribution is 2.35. The number of benzene rings is 7. The maximum absolute atomic E-state index is 6.22. The van der Waals surface area contributed by atoms with E-state index in [1.165, 1.54) is 10.8 Å². The van der Waals surface area contributed by atoms with Crippen molar-refractivity contribution in [2.45, 2.75) is 0 Å². The van der Waals surface area contributed by atoms with Gasteiger partial charge in [-0.15, -0.1) is 0 Å². The first kappa shape index (κ1) is 26.6. The van der Waals surface area contributed by atoms with Crippen LogP contribution in [0.4, 0.5) is 0 Å². The number of aromatic nitrogens is 3. The summed E-state index contributed by atoms with van der Waals surface area (Å²) in [5, 5.41) is 6.73. The number of fused-ring (bicyclic) bond motifs is 7. The molecule has 48 heavy (non-hydrogen) atoms. The molecule has 0 amide bonds. The fourth-order valence-electron chi connectivity index (χ4n) is 6.67. The zero-order valence-electron chi connectivity index (χ0n) is 25.6. The van der Waals surface area contributed by atoms with Gasteiger partial charge in [0.15, 0.2) is 17.5 Å². The summed E-state index contributed by atoms with van der Waals surface area (Å²) in [6.07, 6.45) is 0. The van der Waals surface area contributed by atoms with Crippen LogP contribution in [0.3, 0.4) is 0 Å². The number of hydrogen-bond donors (Lipinski definition) is 0. The largest absolute Gasteiger partial charge is 0.456 e. The Balaban J connectivity index is 1.11. The molecule has 0 saturated heterocycles. The minimum atomic E-state index is 0.570. The monoisotopic (exact) mass is 615 g/mol. The topological polar surface area (TPSA) is 65.0 Å². The molecule has 3 aromatic heterocycles. The number of nitrogens with zero attached hydrogens (tertiary/aromatic N) is 3. The summed E-state index contributed by atoms with van der Waals surface area (Å²) in [4.78, 5) is 15.0. The van der Waals surface area contributed by atoms with Crippen molar-refractivity contribution >= 4 is 54.6 Å². The lowest BCUT2D eigenvalue weighted by Gasteiger charge is -2.10. The van der Waals surface area contributed by atoms with E-state index in [0.717, 1.165) is 71.7 Å². The van der Waals surface area contributed by atoms with E-state index < -0.39 is 0 Å². The van der Waals surface area contributed by atoms with Crippen LogP contribution < -0.4 is 0 Å². The van der Waals surface area contributed by atoms with Gasteiger partial charge in [-0.05, 0) is 64.4 Å². The molecule has 7 aromatic carbocycles. The van der Waals surface area contributed by atoms with Crippen LogP contribution in [0.15, 0.2) is 160 Å². The Hall–Kier alpha value is -6.59. The lowest BCUT2D eigenvalue weighted by atomic mass is 10.00. The first-order valence-corrected chi connectivity index (χ1v) is 15.9. The summed E-state index contributed by atoms with van der Waals surface area (Å²) in [7, 11) is 0. The van der Waals surface area contributed by atoms with E-state index >= 15 is 0 Å². The van der Waals surface area contributed by atoms with Crippen molar-refractivity contribution < 1.29 is 8.83 Å². The number of furan rings is 2. The van der Waals surface area contributed by atoms with Gasteiger partial charge in [0, 0.05) is 38.2 Å². The standard InChI is InChI=1S/C43H25N3O2/c1-2-8-29-23-30(18-15-26(29)7-1)27-13-16-28(17-14-27)41-44-42(31-19-21-35-33-9-3-5-11-37(33)47-39(35)24-31)46-43(45-41)32-20-22-36-34-10-4-6-12-38(34)48-40(36)25-32/h1-25H. The average molecular weight is 616 g/mol. The van der Waals surface area contributed by atoms with Crippen molar-refractivity contribution in [3.05, 3.63) is 152 Å². The minimum Gasteiger partial charge on any atom is -0.456 e. The van der Waals surface area contributed by atoms with Crippen molar-refractivity contribution in [1.29, 1.82) is 0 Å². The molecule has 0 N–H and O–H groups in total. The maximum atomic E-state index is 6.22. The Labute approximate surface area is 274 Å². The normalized spacial score (nSPS) is 11.8. The Morgan fingerprint density at radius 2 is 0.729 bits per heavy atom. The molecule has 0 saturated carbocycles. The van der Waals surface area contributed by atoms with Gasteiger partial charge in [-0.2, -0.15) is 0 Å². The Morgan fingerprint density at radius 3 is 1.33 bits per heavy atom. The third kappa shape index (κ3) is 4.37. The summed E-state index contributed by atoms with van der Waals surface area (Å²) in [5.41, 5.74) is 8.19. The Kier molecular flexibility index (Phi) is 5.81. The number of rotatable bonds is 4. The molecule has 10 aromatic rings. The Bertz CT molecular complexity index is 2710. The predicted molar refractivity (Wildman–Crippen MR) is 194 cm³/mol. The molecule has 0 spiro atoms. The van der Waals surface area contributed by atoms with Crippen LogP contribution in [0.5, 0.6) is 0 Å². The van der Waals surface area contributed by atoms with Crippen LogP contribution in [0.1, 0.15) is 0 Å². The molecule has 5 nitrogen and oxygen atoms in total. The van der Waals surface area contributed by atoms with E-state index in [9.17, 15) is 0 Å². The summed E-state index contributed by atoms with van der Waals surface area (Å²) < 4.78 is 12.4. The first-order chi connectivity index (χ1) is 23.7. The highest BCUT2D eigenvalue weighted by atomic mass is 16.3. The molecule has 5 heteroatoms. The molecule has 0 aliphatic carbocycles. The van der Waals surface area contributed by atoms with Crippen LogP contribution in [0, 0.1) is 0 Å². The molecule has 0 atom stereocenters. The first-order valence-electron chi connectivity index (χ1n) is 15.9. The third-order valence-electron chi connectivity index (χ3n) is 9.14. The Morgan fingerprint density at radius 1 is 0.292 bits per heavy atom. The molecule has 0 unspecified atom stereocenters. The highest BCUT2D eigenvalue weighted by Gasteiger charge is 2.16. The average Bonchev–Trinajstić information content (AvgIpc) is 3.72. The van der Waals surface area contributed by atoms with Gasteiger partial charge >= 0.3 is 0 Å². The van der Waals surface area contributed by atoms with Gasteiger partial charge in [-0.3, -0.25) is 0 Å². The van der Waals surface area contributed by atoms with E-state index in [1.807, 2.05) is 48.5 Å². The van der Waals surface area contributed by atoms with E-state index in [2.05, 4.69) is 103 Å². The van der Waals surface area contributed by atoms with Crippen LogP contribution in [-0.4, -0.2) is 15.0 Å². The second-order valence-corrected chi connectivity index (χ2v) is 12.1. The van der Waals surface area contributed by atoms with Gasteiger partial charge in [0.05, 0.1) is 0 Å². The van der Waals surface area contributed by atoms with Crippen LogP contribution in [0.2, 0.25) is 0 Å². The number of hydrogen-bond acceptors (Lipinski definition) is 5. The molecule has 10 rings (SSSR count). The zero-order valence-corrected chi connectivity index (χ0v) is 25.6. The van der Waals surface area contributed by atoms with Crippen molar-refractivity contribution in [2.24, 2.45) is 0 Å². The van der Waals surface area contributed by atoms with Crippen LogP contribution in [-0.2, 0) is 0 Å². The van der Waals surface area contributed by atoms with E-state index in [4.69, 9.17) is 23.8 Å². The highest BCUT2D eigenvalue weighted by molar-refractivity contribution is 6.06. The molecular weight excluding hydrogens is 590 g/mol. The summed E-state index contributed by atoms with van der Waals surface area (Å²) in [6.45, 7) is 0. The molecule has 0 bridgehead atoms. The van der Waals surface area contributed by atoms with Gasteiger partial charge in [0.25, 0.3) is 0 Å². The maximum Gasteiger partial charge on any atom is 0.164 e. The van der Waals surface area contributed by atoms with Crippen LogP contribution >= 0.6 is 0 Å². The second kappa shape index (κ2) is 10.5. The molecular formula is C43H25N3O2. The van der Waals surface area contributed by atoms with Crippen molar-refractivity contribution in [2.75, 3.05) is 0 Å². The summed E-state index contributed by atoms with van der Waals surface area (Å²) in [6, 6.07) is 51.9. The SMILES string of the molecule is c1ccc2cc(-c3ccc(-c4nc(-c5ccc6c(c5)oc5ccccc56)nc(-c5ccc6c(c5)oc5ccccc56)n4)cc3)ccc2c1. The lowest BCUT2D eigenvalue weighted by Crippen LogP contribution is -2.00. The fourth-order valence-corrected chi connectivity index (χ4v) is 6.67. The number of para-hydroxylation sites is 2. The molecule has 0 radical (unpaired) electrons. The van der Waals surface area contributed by atoms with E-state index in [-0.39, 0.29) is 0 Å². The summed E-state index contributed by atoms with van der Waals surface area (Å²) in [5.74, 6) is 1.73. The van der Waals surface area contributed by atoms with Gasteiger partial charge < -0.3 is 8.83 Å². The molecule has 0 fully saturated rings. The molecule has 0 aliphatic rings. The predicted octanol–water partition coefficient (Wildman–Crippen LogP) is 11.5. The molecule has 224 valence electrons.